The molecule has 1 aromatic heterocycles. The molecule has 1 rings (SSSR count). The number of hydrogen-bond acceptors (Lipinski definition) is 7. The number of nitrogens with two attached hydrogens (primary N) is 2. The summed E-state index contributed by atoms with van der Waals surface area (Å²) in [7, 11) is 0. The van der Waals surface area contributed by atoms with Gasteiger partial charge in [-0.15, -0.1) is 0 Å². The maximum Gasteiger partial charge on any atom is 0.323 e. The zero-order valence-corrected chi connectivity index (χ0v) is 11.5. The molecule has 0 saturated heterocycles. The Morgan fingerprint density at radius 2 is 2.05 bits per heavy atom. The summed E-state index contributed by atoms with van der Waals surface area (Å²) in [6.45, 7) is 6.87. The van der Waals surface area contributed by atoms with E-state index in [0.717, 1.165) is 0 Å². The third-order valence-corrected chi connectivity index (χ3v) is 2.11. The van der Waals surface area contributed by atoms with Crippen LogP contribution >= 0.6 is 0 Å². The molecule has 0 aromatic carbocycles. The summed E-state index contributed by atoms with van der Waals surface area (Å²) in [5.41, 5.74) is 10.8. The molecule has 0 fully saturated rings. The average molecular weight is 268 g/mol. The van der Waals surface area contributed by atoms with Gasteiger partial charge in [0.05, 0.1) is 13.2 Å². The van der Waals surface area contributed by atoms with Crippen molar-refractivity contribution in [3.05, 3.63) is 0 Å². The van der Waals surface area contributed by atoms with Crippen molar-refractivity contribution in [3.8, 4) is 6.01 Å². The predicted octanol–water partition coefficient (Wildman–Crippen LogP) is -0.200. The Morgan fingerprint density at radius 3 is 2.58 bits per heavy atom. The third-order valence-electron chi connectivity index (χ3n) is 2.11. The molecule has 0 aliphatic rings. The number of amides is 1. The van der Waals surface area contributed by atoms with Crippen molar-refractivity contribution >= 4 is 17.8 Å². The molecule has 1 aromatic rings. The lowest BCUT2D eigenvalue weighted by molar-refractivity contribution is -0.116. The predicted molar refractivity (Wildman–Crippen MR) is 71.7 cm³/mol. The van der Waals surface area contributed by atoms with Crippen LogP contribution in [0.5, 0.6) is 6.01 Å². The molecule has 8 heteroatoms. The van der Waals surface area contributed by atoms with Gasteiger partial charge in [-0.25, -0.2) is 0 Å². The second-order valence-electron chi connectivity index (χ2n) is 4.45. The topological polar surface area (TPSA) is 120 Å². The smallest absolute Gasteiger partial charge is 0.323 e. The zero-order valence-electron chi connectivity index (χ0n) is 11.5. The Labute approximate surface area is 112 Å². The minimum atomic E-state index is -0.461. The lowest BCUT2D eigenvalue weighted by atomic mass is 10.2. The van der Waals surface area contributed by atoms with Gasteiger partial charge in [-0.2, -0.15) is 15.0 Å². The lowest BCUT2D eigenvalue weighted by Gasteiger charge is -2.23. The van der Waals surface area contributed by atoms with Gasteiger partial charge in [0.15, 0.2) is 0 Å². The van der Waals surface area contributed by atoms with Crippen molar-refractivity contribution in [2.45, 2.75) is 20.8 Å². The molecule has 8 nitrogen and oxygen atoms in total. The number of carbonyl (C=O) groups excluding carboxylic acids is 1. The van der Waals surface area contributed by atoms with Gasteiger partial charge < -0.3 is 21.1 Å². The molecule has 1 amide bonds. The quantitative estimate of drug-likeness (QED) is 0.702. The van der Waals surface area contributed by atoms with E-state index in [4.69, 9.17) is 16.2 Å². The van der Waals surface area contributed by atoms with E-state index in [2.05, 4.69) is 15.0 Å². The van der Waals surface area contributed by atoms with Gasteiger partial charge in [-0.3, -0.25) is 4.79 Å². The molecular formula is C11H20N6O2. The van der Waals surface area contributed by atoms with Gasteiger partial charge in [0.1, 0.15) is 0 Å². The van der Waals surface area contributed by atoms with E-state index in [9.17, 15) is 4.79 Å². The van der Waals surface area contributed by atoms with Crippen LogP contribution < -0.4 is 21.1 Å². The molecule has 0 bridgehead atoms. The monoisotopic (exact) mass is 268 g/mol. The van der Waals surface area contributed by atoms with E-state index in [1.165, 1.54) is 0 Å². The Bertz CT molecular complexity index is 437. The third kappa shape index (κ3) is 4.94. The fourth-order valence-corrected chi connectivity index (χ4v) is 1.54. The minimum absolute atomic E-state index is 0.0210. The SMILES string of the molecule is CCOc1nc(N)nc(N(CC(N)=O)CC(C)C)n1. The summed E-state index contributed by atoms with van der Waals surface area (Å²) >= 11 is 0. The largest absolute Gasteiger partial charge is 0.464 e. The van der Waals surface area contributed by atoms with Crippen LogP contribution in [0.1, 0.15) is 20.8 Å². The van der Waals surface area contributed by atoms with Crippen molar-refractivity contribution in [2.75, 3.05) is 30.3 Å². The first-order valence-corrected chi connectivity index (χ1v) is 6.10. The molecule has 0 aliphatic carbocycles. The standard InChI is InChI=1S/C11H20N6O2/c1-4-19-11-15-9(13)14-10(16-11)17(5-7(2)3)6-8(12)18/h7H,4-6H2,1-3H3,(H2,12,18)(H2,13,14,15,16). The van der Waals surface area contributed by atoms with Crippen LogP contribution in [0.25, 0.3) is 0 Å². The number of hydrogen-bond donors (Lipinski definition) is 2. The summed E-state index contributed by atoms with van der Waals surface area (Å²) in [4.78, 5) is 24.8. The van der Waals surface area contributed by atoms with Crippen molar-refractivity contribution in [1.29, 1.82) is 0 Å². The Kier molecular flexibility index (Phi) is 5.28. The van der Waals surface area contributed by atoms with E-state index < -0.39 is 5.91 Å². The van der Waals surface area contributed by atoms with Gasteiger partial charge in [0.25, 0.3) is 0 Å². The number of primary amides is 1. The van der Waals surface area contributed by atoms with Crippen LogP contribution in [0.2, 0.25) is 0 Å². The number of aromatic nitrogens is 3. The van der Waals surface area contributed by atoms with E-state index >= 15 is 0 Å². The summed E-state index contributed by atoms with van der Waals surface area (Å²) < 4.78 is 5.20. The van der Waals surface area contributed by atoms with Gasteiger partial charge >= 0.3 is 6.01 Å². The molecule has 19 heavy (non-hydrogen) atoms. The highest BCUT2D eigenvalue weighted by Crippen LogP contribution is 2.14. The number of anilines is 2. The molecule has 0 saturated carbocycles. The molecule has 0 radical (unpaired) electrons. The van der Waals surface area contributed by atoms with Crippen molar-refractivity contribution in [2.24, 2.45) is 11.7 Å². The first-order valence-electron chi connectivity index (χ1n) is 6.10. The molecule has 0 atom stereocenters. The van der Waals surface area contributed by atoms with Gasteiger partial charge in [-0.05, 0) is 12.8 Å². The minimum Gasteiger partial charge on any atom is -0.464 e. The van der Waals surface area contributed by atoms with E-state index in [1.54, 1.807) is 4.90 Å². The van der Waals surface area contributed by atoms with Crippen LogP contribution in [0.4, 0.5) is 11.9 Å². The summed E-state index contributed by atoms with van der Waals surface area (Å²) in [5, 5.41) is 0. The molecule has 0 aliphatic heterocycles. The molecular weight excluding hydrogens is 248 g/mol. The first-order chi connectivity index (χ1) is 8.92. The zero-order chi connectivity index (χ0) is 14.4. The van der Waals surface area contributed by atoms with Gasteiger partial charge in [-0.1, -0.05) is 13.8 Å². The van der Waals surface area contributed by atoms with E-state index in [1.807, 2.05) is 20.8 Å². The summed E-state index contributed by atoms with van der Waals surface area (Å²) in [6.07, 6.45) is 0. The van der Waals surface area contributed by atoms with Crippen LogP contribution in [0.3, 0.4) is 0 Å². The van der Waals surface area contributed by atoms with Crippen molar-refractivity contribution in [3.63, 3.8) is 0 Å². The molecule has 0 unspecified atom stereocenters. The summed E-state index contributed by atoms with van der Waals surface area (Å²) in [6, 6.07) is 0.142. The highest BCUT2D eigenvalue weighted by molar-refractivity contribution is 5.78. The number of rotatable bonds is 7. The average Bonchev–Trinajstić information content (AvgIpc) is 2.26. The van der Waals surface area contributed by atoms with Gasteiger partial charge in [0.2, 0.25) is 17.8 Å². The normalized spacial score (nSPS) is 10.5. The molecule has 1 heterocycles. The Hall–Kier alpha value is -2.12. The maximum absolute atomic E-state index is 11.1. The van der Waals surface area contributed by atoms with Crippen molar-refractivity contribution < 1.29 is 9.53 Å². The van der Waals surface area contributed by atoms with Crippen molar-refractivity contribution in [1.82, 2.24) is 15.0 Å². The fraction of sp³-hybridized carbons (Fsp3) is 0.636. The summed E-state index contributed by atoms with van der Waals surface area (Å²) in [5.74, 6) is 0.195. The van der Waals surface area contributed by atoms with Crippen LogP contribution in [0, 0.1) is 5.92 Å². The number of ether oxygens (including phenoxy) is 1. The van der Waals surface area contributed by atoms with E-state index in [-0.39, 0.29) is 18.5 Å². The van der Waals surface area contributed by atoms with Crippen LogP contribution in [-0.2, 0) is 4.79 Å². The maximum atomic E-state index is 11.1. The molecule has 0 spiro atoms. The lowest BCUT2D eigenvalue weighted by Crippen LogP contribution is -2.37. The number of nitrogens with zero attached hydrogens (tertiary/aromatic N) is 4. The highest BCUT2D eigenvalue weighted by atomic mass is 16.5. The number of nitrogen functional groups attached to an aromatic ring is 1. The first kappa shape index (κ1) is 14.9. The van der Waals surface area contributed by atoms with Gasteiger partial charge in [0, 0.05) is 6.54 Å². The molecule has 4 N–H and O–H groups in total. The second kappa shape index (κ2) is 6.72. The molecule has 106 valence electrons. The number of carbonyl (C=O) groups is 1. The van der Waals surface area contributed by atoms with Crippen LogP contribution in [-0.4, -0.2) is 40.6 Å². The second-order valence-corrected chi connectivity index (χ2v) is 4.45. The Morgan fingerprint density at radius 1 is 1.37 bits per heavy atom. The van der Waals surface area contributed by atoms with E-state index in [0.29, 0.717) is 25.0 Å². The Balaban J connectivity index is 3.02. The van der Waals surface area contributed by atoms with Crippen LogP contribution in [0.15, 0.2) is 0 Å². The highest BCUT2D eigenvalue weighted by Gasteiger charge is 2.16. The fourth-order valence-electron chi connectivity index (χ4n) is 1.54.